The smallest absolute Gasteiger partial charge is 0.269 e. The maximum absolute atomic E-state index is 11.0. The van der Waals surface area contributed by atoms with Gasteiger partial charge in [0.1, 0.15) is 5.69 Å². The lowest BCUT2D eigenvalue weighted by Crippen LogP contribution is -2.12. The van der Waals surface area contributed by atoms with E-state index in [1.807, 2.05) is 25.1 Å². The van der Waals surface area contributed by atoms with Gasteiger partial charge in [-0.1, -0.05) is 6.07 Å². The van der Waals surface area contributed by atoms with Crippen molar-refractivity contribution in [1.82, 2.24) is 9.78 Å². The Balaban J connectivity index is 2.41. The number of carbonyl (C=O) groups excluding carboxylic acids is 1. The number of nitrogens with zero attached hydrogens (tertiary/aromatic N) is 2. The molecule has 2 aromatic rings. The van der Waals surface area contributed by atoms with E-state index in [0.29, 0.717) is 0 Å². The molecule has 1 amide bonds. The predicted octanol–water partition coefficient (Wildman–Crippen LogP) is 1.75. The molecule has 0 aliphatic carbocycles. The summed E-state index contributed by atoms with van der Waals surface area (Å²) < 4.78 is 2.45. The number of amides is 1. The molecule has 6 heteroatoms. The van der Waals surface area contributed by atoms with Crippen LogP contribution >= 0.6 is 15.9 Å². The Hall–Kier alpha value is -1.66. The van der Waals surface area contributed by atoms with E-state index in [0.717, 1.165) is 15.7 Å². The van der Waals surface area contributed by atoms with Crippen LogP contribution in [0.5, 0.6) is 0 Å². The summed E-state index contributed by atoms with van der Waals surface area (Å²) in [5, 5.41) is 4.10. The minimum atomic E-state index is -0.544. The number of primary amides is 1. The molecule has 0 saturated carbocycles. The van der Waals surface area contributed by atoms with E-state index in [-0.39, 0.29) is 11.7 Å². The molecule has 0 aliphatic heterocycles. The first-order valence-corrected chi connectivity index (χ1v) is 6.19. The second-order valence-corrected chi connectivity index (χ2v) is 4.86. The van der Waals surface area contributed by atoms with E-state index in [1.54, 1.807) is 16.9 Å². The van der Waals surface area contributed by atoms with Crippen molar-refractivity contribution in [2.75, 3.05) is 0 Å². The molecule has 4 N–H and O–H groups in total. The summed E-state index contributed by atoms with van der Waals surface area (Å²) in [7, 11) is 0. The van der Waals surface area contributed by atoms with E-state index >= 15 is 0 Å². The molecule has 5 nitrogen and oxygen atoms in total. The van der Waals surface area contributed by atoms with E-state index in [2.05, 4.69) is 21.0 Å². The average molecular weight is 309 g/mol. The fraction of sp³-hybridized carbons (Fsp3) is 0.167. The highest BCUT2D eigenvalue weighted by Gasteiger charge is 2.09. The molecule has 0 spiro atoms. The average Bonchev–Trinajstić information content (AvgIpc) is 2.78. The number of hydrogen-bond donors (Lipinski definition) is 2. The van der Waals surface area contributed by atoms with Crippen molar-refractivity contribution in [2.24, 2.45) is 11.5 Å². The van der Waals surface area contributed by atoms with Crippen molar-refractivity contribution in [1.29, 1.82) is 0 Å². The zero-order chi connectivity index (χ0) is 13.3. The fourth-order valence-corrected chi connectivity index (χ4v) is 2.16. The van der Waals surface area contributed by atoms with Gasteiger partial charge in [0, 0.05) is 16.7 Å². The molecule has 2 rings (SSSR count). The lowest BCUT2D eigenvalue weighted by molar-refractivity contribution is 0.0995. The molecule has 1 atom stereocenters. The monoisotopic (exact) mass is 308 g/mol. The largest absolute Gasteiger partial charge is 0.364 e. The van der Waals surface area contributed by atoms with Crippen LogP contribution in [0.25, 0.3) is 5.69 Å². The van der Waals surface area contributed by atoms with Crippen LogP contribution in [0, 0.1) is 0 Å². The fourth-order valence-electron chi connectivity index (χ4n) is 1.58. The van der Waals surface area contributed by atoms with Crippen LogP contribution in [-0.4, -0.2) is 15.7 Å². The van der Waals surface area contributed by atoms with Crippen molar-refractivity contribution in [3.8, 4) is 5.69 Å². The van der Waals surface area contributed by atoms with Crippen LogP contribution in [0.2, 0.25) is 0 Å². The van der Waals surface area contributed by atoms with Gasteiger partial charge in [0.25, 0.3) is 5.91 Å². The molecule has 94 valence electrons. The molecule has 0 radical (unpaired) electrons. The summed E-state index contributed by atoms with van der Waals surface area (Å²) in [5.41, 5.74) is 13.1. The van der Waals surface area contributed by atoms with Gasteiger partial charge in [-0.05, 0) is 46.6 Å². The van der Waals surface area contributed by atoms with Crippen LogP contribution in [0.15, 0.2) is 34.9 Å². The molecule has 0 saturated heterocycles. The minimum Gasteiger partial charge on any atom is -0.364 e. The van der Waals surface area contributed by atoms with E-state index in [4.69, 9.17) is 11.5 Å². The SMILES string of the molecule is C[C@H](N)c1ccc(-n2ccc(C(N)=O)n2)c(Br)c1. The van der Waals surface area contributed by atoms with Crippen LogP contribution < -0.4 is 11.5 Å². The molecule has 1 heterocycles. The van der Waals surface area contributed by atoms with Crippen molar-refractivity contribution in [3.63, 3.8) is 0 Å². The Labute approximate surface area is 113 Å². The van der Waals surface area contributed by atoms with Crippen molar-refractivity contribution >= 4 is 21.8 Å². The quantitative estimate of drug-likeness (QED) is 0.905. The first kappa shape index (κ1) is 12.8. The molecular weight excluding hydrogens is 296 g/mol. The third kappa shape index (κ3) is 2.44. The first-order valence-electron chi connectivity index (χ1n) is 5.40. The summed E-state index contributed by atoms with van der Waals surface area (Å²) in [6.07, 6.45) is 1.69. The van der Waals surface area contributed by atoms with Gasteiger partial charge in [0.2, 0.25) is 0 Å². The Morgan fingerprint density at radius 3 is 2.67 bits per heavy atom. The summed E-state index contributed by atoms with van der Waals surface area (Å²) in [4.78, 5) is 11.0. The normalized spacial score (nSPS) is 12.4. The number of benzene rings is 1. The minimum absolute atomic E-state index is 0.0332. The topological polar surface area (TPSA) is 86.9 Å². The zero-order valence-corrected chi connectivity index (χ0v) is 11.4. The van der Waals surface area contributed by atoms with Gasteiger partial charge >= 0.3 is 0 Å². The lowest BCUT2D eigenvalue weighted by Gasteiger charge is -2.09. The van der Waals surface area contributed by atoms with Crippen LogP contribution in [0.3, 0.4) is 0 Å². The standard InChI is InChI=1S/C12H13BrN4O/c1-7(14)8-2-3-11(9(13)6-8)17-5-4-10(16-17)12(15)18/h2-7H,14H2,1H3,(H2,15,18)/t7-/m0/s1. The van der Waals surface area contributed by atoms with Gasteiger partial charge in [0.15, 0.2) is 0 Å². The highest BCUT2D eigenvalue weighted by molar-refractivity contribution is 9.10. The van der Waals surface area contributed by atoms with Crippen molar-refractivity contribution in [3.05, 3.63) is 46.2 Å². The number of aromatic nitrogens is 2. The Kier molecular flexibility index (Phi) is 3.49. The maximum Gasteiger partial charge on any atom is 0.269 e. The predicted molar refractivity (Wildman–Crippen MR) is 72.4 cm³/mol. The summed E-state index contributed by atoms with van der Waals surface area (Å²) in [6, 6.07) is 7.30. The van der Waals surface area contributed by atoms with E-state index < -0.39 is 5.91 Å². The van der Waals surface area contributed by atoms with Gasteiger partial charge < -0.3 is 11.5 Å². The van der Waals surface area contributed by atoms with Gasteiger partial charge in [0.05, 0.1) is 5.69 Å². The molecule has 1 aromatic carbocycles. The van der Waals surface area contributed by atoms with Crippen molar-refractivity contribution < 1.29 is 4.79 Å². The summed E-state index contributed by atoms with van der Waals surface area (Å²) >= 11 is 3.47. The van der Waals surface area contributed by atoms with Gasteiger partial charge in [-0.15, -0.1) is 0 Å². The number of hydrogen-bond acceptors (Lipinski definition) is 3. The van der Waals surface area contributed by atoms with Crippen LogP contribution in [0.4, 0.5) is 0 Å². The Morgan fingerprint density at radius 1 is 1.44 bits per heavy atom. The van der Waals surface area contributed by atoms with E-state index in [9.17, 15) is 4.79 Å². The molecule has 0 bridgehead atoms. The maximum atomic E-state index is 11.0. The van der Waals surface area contributed by atoms with E-state index in [1.165, 1.54) is 0 Å². The molecule has 18 heavy (non-hydrogen) atoms. The third-order valence-corrected chi connectivity index (χ3v) is 3.22. The zero-order valence-electron chi connectivity index (χ0n) is 9.80. The summed E-state index contributed by atoms with van der Waals surface area (Å²) in [5.74, 6) is -0.544. The summed E-state index contributed by atoms with van der Waals surface area (Å²) in [6.45, 7) is 1.92. The number of rotatable bonds is 3. The van der Waals surface area contributed by atoms with Crippen LogP contribution in [0.1, 0.15) is 29.0 Å². The first-order chi connectivity index (χ1) is 8.49. The molecule has 0 fully saturated rings. The second kappa shape index (κ2) is 4.91. The van der Waals surface area contributed by atoms with Crippen LogP contribution in [-0.2, 0) is 0 Å². The van der Waals surface area contributed by atoms with Crippen molar-refractivity contribution in [2.45, 2.75) is 13.0 Å². The Morgan fingerprint density at radius 2 is 2.17 bits per heavy atom. The second-order valence-electron chi connectivity index (χ2n) is 4.01. The third-order valence-electron chi connectivity index (χ3n) is 2.59. The van der Waals surface area contributed by atoms with Gasteiger partial charge in [-0.3, -0.25) is 4.79 Å². The molecule has 0 unspecified atom stereocenters. The highest BCUT2D eigenvalue weighted by Crippen LogP contribution is 2.24. The lowest BCUT2D eigenvalue weighted by atomic mass is 10.1. The van der Waals surface area contributed by atoms with Gasteiger partial charge in [-0.25, -0.2) is 4.68 Å². The number of halogens is 1. The Bertz CT molecular complexity index is 592. The number of nitrogens with two attached hydrogens (primary N) is 2. The molecule has 0 aliphatic rings. The van der Waals surface area contributed by atoms with Gasteiger partial charge in [-0.2, -0.15) is 5.10 Å². The molecule has 1 aromatic heterocycles. The number of carbonyl (C=O) groups is 1. The molecular formula is C12H13BrN4O. The highest BCUT2D eigenvalue weighted by atomic mass is 79.9.